The minimum atomic E-state index is -1.34. The molecule has 4 nitrogen and oxygen atoms in total. The van der Waals surface area contributed by atoms with Crippen molar-refractivity contribution in [2.24, 2.45) is 5.73 Å². The number of aryl methyl sites for hydroxylation is 1. The van der Waals surface area contributed by atoms with Gasteiger partial charge >= 0.3 is 5.97 Å². The summed E-state index contributed by atoms with van der Waals surface area (Å²) in [4.78, 5) is 10.5. The largest absolute Gasteiger partial charge is 0.480 e. The van der Waals surface area contributed by atoms with E-state index in [0.29, 0.717) is 10.6 Å². The van der Waals surface area contributed by atoms with Crippen molar-refractivity contribution in [2.45, 2.75) is 19.1 Å². The summed E-state index contributed by atoms with van der Waals surface area (Å²) in [6, 6.07) is 3.48. The molecule has 1 rings (SSSR count). The quantitative estimate of drug-likeness (QED) is 0.725. The molecule has 0 spiro atoms. The van der Waals surface area contributed by atoms with Crippen LogP contribution in [0.5, 0.6) is 0 Å². The Labute approximate surface area is 92.3 Å². The van der Waals surface area contributed by atoms with Crippen LogP contribution in [0.25, 0.3) is 0 Å². The van der Waals surface area contributed by atoms with Crippen LogP contribution in [0.3, 0.4) is 0 Å². The highest BCUT2D eigenvalue weighted by molar-refractivity contribution is 6.31. The summed E-state index contributed by atoms with van der Waals surface area (Å²) in [6.45, 7) is 1.82. The summed E-state index contributed by atoms with van der Waals surface area (Å²) in [5, 5.41) is 18.7. The zero-order valence-electron chi connectivity index (χ0n) is 8.14. The first-order valence-corrected chi connectivity index (χ1v) is 4.73. The van der Waals surface area contributed by atoms with Crippen molar-refractivity contribution in [1.82, 2.24) is 0 Å². The summed E-state index contributed by atoms with van der Waals surface area (Å²) in [6.07, 6.45) is -1.25. The number of carboxylic acids is 1. The molecular weight excluding hydrogens is 218 g/mol. The highest BCUT2D eigenvalue weighted by Crippen LogP contribution is 2.22. The van der Waals surface area contributed by atoms with Crippen molar-refractivity contribution in [3.8, 4) is 0 Å². The van der Waals surface area contributed by atoms with Crippen molar-refractivity contribution in [3.63, 3.8) is 0 Å². The Morgan fingerprint density at radius 2 is 2.13 bits per heavy atom. The number of nitrogens with two attached hydrogens (primary N) is 1. The van der Waals surface area contributed by atoms with E-state index in [4.69, 9.17) is 22.4 Å². The molecule has 0 radical (unpaired) electrons. The van der Waals surface area contributed by atoms with Crippen LogP contribution in [0, 0.1) is 6.92 Å². The summed E-state index contributed by atoms with van der Waals surface area (Å²) in [5.74, 6) is -1.25. The first-order valence-electron chi connectivity index (χ1n) is 4.36. The topological polar surface area (TPSA) is 83.5 Å². The molecule has 0 fully saturated rings. The maximum Gasteiger partial charge on any atom is 0.323 e. The van der Waals surface area contributed by atoms with E-state index in [1.807, 2.05) is 6.92 Å². The van der Waals surface area contributed by atoms with Crippen LogP contribution in [0.4, 0.5) is 0 Å². The van der Waals surface area contributed by atoms with Gasteiger partial charge < -0.3 is 15.9 Å². The maximum atomic E-state index is 10.5. The molecule has 2 atom stereocenters. The minimum absolute atomic E-state index is 0.403. The highest BCUT2D eigenvalue weighted by Gasteiger charge is 2.23. The second-order valence-corrected chi connectivity index (χ2v) is 3.72. The number of carbonyl (C=O) groups is 1. The lowest BCUT2D eigenvalue weighted by Crippen LogP contribution is -2.36. The molecule has 2 unspecified atom stereocenters. The lowest BCUT2D eigenvalue weighted by molar-refractivity contribution is -0.141. The van der Waals surface area contributed by atoms with Crippen LogP contribution in [-0.2, 0) is 4.79 Å². The van der Waals surface area contributed by atoms with Gasteiger partial charge in [-0.1, -0.05) is 23.7 Å². The second kappa shape index (κ2) is 4.61. The molecule has 0 saturated carbocycles. The molecule has 0 amide bonds. The zero-order chi connectivity index (χ0) is 11.6. The molecule has 82 valence electrons. The first kappa shape index (κ1) is 12.0. The Balaban J connectivity index is 2.96. The number of halogens is 1. The Hall–Kier alpha value is -1.10. The van der Waals surface area contributed by atoms with Crippen molar-refractivity contribution in [2.75, 3.05) is 0 Å². The van der Waals surface area contributed by atoms with Gasteiger partial charge in [-0.15, -0.1) is 0 Å². The third kappa shape index (κ3) is 2.68. The van der Waals surface area contributed by atoms with Gasteiger partial charge in [-0.25, -0.2) is 0 Å². The summed E-state index contributed by atoms with van der Waals surface area (Å²) in [7, 11) is 0. The van der Waals surface area contributed by atoms with Gasteiger partial charge in [0, 0.05) is 5.02 Å². The van der Waals surface area contributed by atoms with Gasteiger partial charge in [0.05, 0.1) is 0 Å². The van der Waals surface area contributed by atoms with Gasteiger partial charge in [0.1, 0.15) is 12.1 Å². The number of aliphatic hydroxyl groups excluding tert-OH is 1. The van der Waals surface area contributed by atoms with Crippen molar-refractivity contribution < 1.29 is 15.0 Å². The molecule has 0 aliphatic heterocycles. The van der Waals surface area contributed by atoms with E-state index >= 15 is 0 Å². The number of aliphatic hydroxyl groups is 1. The van der Waals surface area contributed by atoms with E-state index in [2.05, 4.69) is 0 Å². The van der Waals surface area contributed by atoms with Crippen LogP contribution >= 0.6 is 11.6 Å². The molecule has 4 N–H and O–H groups in total. The van der Waals surface area contributed by atoms with Gasteiger partial charge in [-0.3, -0.25) is 4.79 Å². The molecule has 15 heavy (non-hydrogen) atoms. The zero-order valence-corrected chi connectivity index (χ0v) is 8.90. The van der Waals surface area contributed by atoms with E-state index in [1.165, 1.54) is 6.07 Å². The third-order valence-electron chi connectivity index (χ3n) is 2.16. The maximum absolute atomic E-state index is 10.5. The monoisotopic (exact) mass is 229 g/mol. The second-order valence-electron chi connectivity index (χ2n) is 3.32. The van der Waals surface area contributed by atoms with Crippen molar-refractivity contribution >= 4 is 17.6 Å². The molecule has 0 bridgehead atoms. The van der Waals surface area contributed by atoms with Crippen molar-refractivity contribution in [3.05, 3.63) is 34.3 Å². The van der Waals surface area contributed by atoms with Gasteiger partial charge in [0.2, 0.25) is 0 Å². The van der Waals surface area contributed by atoms with Crippen LogP contribution in [0.15, 0.2) is 18.2 Å². The lowest BCUT2D eigenvalue weighted by Gasteiger charge is -2.15. The van der Waals surface area contributed by atoms with E-state index in [-0.39, 0.29) is 0 Å². The molecule has 0 saturated heterocycles. The molecule has 0 aromatic heterocycles. The fourth-order valence-electron chi connectivity index (χ4n) is 1.14. The number of rotatable bonds is 3. The number of carboxylic acid groups (broad SMARTS) is 1. The Morgan fingerprint density at radius 1 is 1.53 bits per heavy atom. The molecular formula is C10H12ClNO3. The SMILES string of the molecule is Cc1ccc(C(O)C(N)C(=O)O)cc1Cl. The summed E-state index contributed by atoms with van der Waals surface area (Å²) in [5.41, 5.74) is 6.55. The van der Waals surface area contributed by atoms with E-state index in [1.54, 1.807) is 12.1 Å². The Kier molecular flexibility index (Phi) is 3.68. The molecule has 0 aliphatic rings. The normalized spacial score (nSPS) is 14.7. The van der Waals surface area contributed by atoms with Crippen molar-refractivity contribution in [1.29, 1.82) is 0 Å². The van der Waals surface area contributed by atoms with Gasteiger partial charge in [-0.2, -0.15) is 0 Å². The van der Waals surface area contributed by atoms with Crippen LogP contribution < -0.4 is 5.73 Å². The smallest absolute Gasteiger partial charge is 0.323 e. The van der Waals surface area contributed by atoms with Crippen LogP contribution in [0.1, 0.15) is 17.2 Å². The Bertz CT molecular complexity index is 381. The first-order chi connectivity index (χ1) is 6.93. The van der Waals surface area contributed by atoms with Crippen LogP contribution in [0.2, 0.25) is 5.02 Å². The third-order valence-corrected chi connectivity index (χ3v) is 2.57. The summed E-state index contributed by atoms with van der Waals surface area (Å²) >= 11 is 5.84. The predicted octanol–water partition coefficient (Wildman–Crippen LogP) is 1.09. The number of aliphatic carboxylic acids is 1. The van der Waals surface area contributed by atoms with Crippen LogP contribution in [-0.4, -0.2) is 22.2 Å². The molecule has 1 aromatic rings. The molecule has 0 aliphatic carbocycles. The average molecular weight is 230 g/mol. The standard InChI is InChI=1S/C10H12ClNO3/c1-5-2-3-6(4-7(5)11)9(13)8(12)10(14)15/h2-4,8-9,13H,12H2,1H3,(H,14,15). The lowest BCUT2D eigenvalue weighted by atomic mass is 10.0. The fraction of sp³-hybridized carbons (Fsp3) is 0.300. The van der Waals surface area contributed by atoms with Gasteiger partial charge in [0.15, 0.2) is 0 Å². The van der Waals surface area contributed by atoms with E-state index in [9.17, 15) is 9.90 Å². The highest BCUT2D eigenvalue weighted by atomic mass is 35.5. The van der Waals surface area contributed by atoms with Gasteiger partial charge in [0.25, 0.3) is 0 Å². The van der Waals surface area contributed by atoms with E-state index < -0.39 is 18.1 Å². The average Bonchev–Trinajstić information content (AvgIpc) is 2.19. The molecule has 1 aromatic carbocycles. The molecule has 0 heterocycles. The van der Waals surface area contributed by atoms with E-state index in [0.717, 1.165) is 5.56 Å². The fourth-order valence-corrected chi connectivity index (χ4v) is 1.32. The number of hydrogen-bond acceptors (Lipinski definition) is 3. The summed E-state index contributed by atoms with van der Waals surface area (Å²) < 4.78 is 0. The number of hydrogen-bond donors (Lipinski definition) is 3. The minimum Gasteiger partial charge on any atom is -0.480 e. The number of benzene rings is 1. The van der Waals surface area contributed by atoms with Gasteiger partial charge in [-0.05, 0) is 24.1 Å². The Morgan fingerprint density at radius 3 is 2.60 bits per heavy atom. The predicted molar refractivity (Wildman–Crippen MR) is 56.8 cm³/mol. The molecule has 5 heteroatoms.